The first-order valence-corrected chi connectivity index (χ1v) is 7.87. The van der Waals surface area contributed by atoms with Crippen LogP contribution in [0.2, 0.25) is 0 Å². The molecule has 108 valence electrons. The van der Waals surface area contributed by atoms with Gasteiger partial charge in [-0.3, -0.25) is 4.79 Å². The molecule has 6 nitrogen and oxygen atoms in total. The van der Waals surface area contributed by atoms with Crippen molar-refractivity contribution in [2.24, 2.45) is 0 Å². The maximum Gasteiger partial charge on any atom is 0.233 e. The molecule has 0 aliphatic carbocycles. The number of hydrogen-bond acceptors (Lipinski definition) is 7. The van der Waals surface area contributed by atoms with Crippen molar-refractivity contribution in [1.82, 2.24) is 15.5 Å². The molecular weight excluding hydrogens is 284 g/mol. The minimum atomic E-state index is -0.176. The van der Waals surface area contributed by atoms with Crippen LogP contribution in [-0.4, -0.2) is 48.2 Å². The van der Waals surface area contributed by atoms with E-state index in [0.717, 1.165) is 22.4 Å². The van der Waals surface area contributed by atoms with E-state index in [1.165, 1.54) is 23.1 Å². The molecule has 1 aromatic rings. The van der Waals surface area contributed by atoms with E-state index in [-0.39, 0.29) is 11.2 Å². The predicted octanol–water partition coefficient (Wildman–Crippen LogP) is 1.60. The van der Waals surface area contributed by atoms with E-state index in [1.807, 2.05) is 13.8 Å². The van der Waals surface area contributed by atoms with Crippen molar-refractivity contribution in [3.8, 4) is 0 Å². The maximum absolute atomic E-state index is 11.8. The molecule has 0 bridgehead atoms. The van der Waals surface area contributed by atoms with Gasteiger partial charge in [-0.25, -0.2) is 0 Å². The number of nitrogens with zero attached hydrogens (tertiary/aromatic N) is 2. The average molecular weight is 304 g/mol. The number of hydrogen-bond donors (Lipinski definition) is 2. The minimum absolute atomic E-state index is 0.0151. The Hall–Kier alpha value is -0.860. The highest BCUT2D eigenvalue weighted by Gasteiger charge is 2.16. The molecule has 0 radical (unpaired) electrons. The quantitative estimate of drug-likeness (QED) is 0.533. The second kappa shape index (κ2) is 9.11. The van der Waals surface area contributed by atoms with Gasteiger partial charge in [0.25, 0.3) is 0 Å². The molecule has 1 rings (SSSR count). The van der Waals surface area contributed by atoms with Crippen molar-refractivity contribution in [2.75, 3.05) is 32.1 Å². The van der Waals surface area contributed by atoms with Gasteiger partial charge in [0.2, 0.25) is 11.0 Å². The zero-order valence-electron chi connectivity index (χ0n) is 11.4. The predicted molar refractivity (Wildman–Crippen MR) is 78.9 cm³/mol. The number of rotatable bonds is 9. The Kier molecular flexibility index (Phi) is 7.76. The monoisotopic (exact) mass is 304 g/mol. The van der Waals surface area contributed by atoms with Crippen LogP contribution in [0, 0.1) is 0 Å². The van der Waals surface area contributed by atoms with Gasteiger partial charge in [0, 0.05) is 26.8 Å². The molecule has 19 heavy (non-hydrogen) atoms. The fraction of sp³-hybridized carbons (Fsp3) is 0.727. The molecule has 1 atom stereocenters. The first kappa shape index (κ1) is 16.2. The standard InChI is InChI=1S/C11H20N4O2S2/c1-4-12-10-14-15-11(19-10)18-8(2)9(16)13-6-5-7-17-3/h8H,4-7H2,1-3H3,(H,12,14)(H,13,16). The number of carbonyl (C=O) groups is 1. The van der Waals surface area contributed by atoms with Gasteiger partial charge in [0.05, 0.1) is 5.25 Å². The second-order valence-electron chi connectivity index (χ2n) is 3.80. The van der Waals surface area contributed by atoms with Gasteiger partial charge in [0.1, 0.15) is 0 Å². The van der Waals surface area contributed by atoms with Crippen molar-refractivity contribution >= 4 is 34.1 Å². The van der Waals surface area contributed by atoms with Gasteiger partial charge >= 0.3 is 0 Å². The number of anilines is 1. The lowest BCUT2D eigenvalue weighted by atomic mass is 10.4. The zero-order chi connectivity index (χ0) is 14.1. The zero-order valence-corrected chi connectivity index (χ0v) is 13.1. The van der Waals surface area contributed by atoms with E-state index in [0.29, 0.717) is 13.2 Å². The summed E-state index contributed by atoms with van der Waals surface area (Å²) in [5, 5.41) is 14.6. The molecule has 1 aromatic heterocycles. The smallest absolute Gasteiger partial charge is 0.233 e. The molecule has 1 unspecified atom stereocenters. The summed E-state index contributed by atoms with van der Waals surface area (Å²) in [6, 6.07) is 0. The molecule has 0 saturated carbocycles. The van der Waals surface area contributed by atoms with Crippen molar-refractivity contribution < 1.29 is 9.53 Å². The summed E-state index contributed by atoms with van der Waals surface area (Å²) in [4.78, 5) is 11.8. The molecule has 0 aliphatic heterocycles. The van der Waals surface area contributed by atoms with Crippen LogP contribution in [0.25, 0.3) is 0 Å². The van der Waals surface area contributed by atoms with Gasteiger partial charge in [-0.15, -0.1) is 10.2 Å². The number of ether oxygens (including phenoxy) is 1. The molecule has 0 spiro atoms. The summed E-state index contributed by atoms with van der Waals surface area (Å²) in [5.41, 5.74) is 0. The largest absolute Gasteiger partial charge is 0.385 e. The topological polar surface area (TPSA) is 76.1 Å². The Bertz CT molecular complexity index is 387. The van der Waals surface area contributed by atoms with Gasteiger partial charge in [-0.1, -0.05) is 23.1 Å². The van der Waals surface area contributed by atoms with E-state index in [1.54, 1.807) is 7.11 Å². The van der Waals surface area contributed by atoms with E-state index in [4.69, 9.17) is 4.74 Å². The third-order valence-corrected chi connectivity index (χ3v) is 4.27. The Morgan fingerprint density at radius 1 is 1.53 bits per heavy atom. The van der Waals surface area contributed by atoms with Crippen LogP contribution >= 0.6 is 23.1 Å². The van der Waals surface area contributed by atoms with E-state index in [2.05, 4.69) is 20.8 Å². The highest BCUT2D eigenvalue weighted by molar-refractivity contribution is 8.02. The maximum atomic E-state index is 11.8. The van der Waals surface area contributed by atoms with Crippen LogP contribution in [0.15, 0.2) is 4.34 Å². The first-order chi connectivity index (χ1) is 9.17. The van der Waals surface area contributed by atoms with Crippen LogP contribution in [-0.2, 0) is 9.53 Å². The highest BCUT2D eigenvalue weighted by atomic mass is 32.2. The number of aromatic nitrogens is 2. The van der Waals surface area contributed by atoms with Crippen LogP contribution in [0.4, 0.5) is 5.13 Å². The second-order valence-corrected chi connectivity index (χ2v) is 6.37. The van der Waals surface area contributed by atoms with E-state index >= 15 is 0 Å². The summed E-state index contributed by atoms with van der Waals surface area (Å²) in [6.07, 6.45) is 0.822. The molecule has 0 aromatic carbocycles. The van der Waals surface area contributed by atoms with Crippen molar-refractivity contribution in [1.29, 1.82) is 0 Å². The van der Waals surface area contributed by atoms with Crippen LogP contribution in [0.3, 0.4) is 0 Å². The van der Waals surface area contributed by atoms with Crippen LogP contribution < -0.4 is 10.6 Å². The normalized spacial score (nSPS) is 12.2. The Morgan fingerprint density at radius 2 is 2.32 bits per heavy atom. The first-order valence-electron chi connectivity index (χ1n) is 6.18. The Labute approximate surface area is 121 Å². The van der Waals surface area contributed by atoms with Gasteiger partial charge in [-0.05, 0) is 20.3 Å². The summed E-state index contributed by atoms with van der Waals surface area (Å²) in [5.74, 6) is 0.0151. The van der Waals surface area contributed by atoms with Gasteiger partial charge < -0.3 is 15.4 Å². The van der Waals surface area contributed by atoms with Gasteiger partial charge in [0.15, 0.2) is 4.34 Å². The SMILES string of the molecule is CCNc1nnc(SC(C)C(=O)NCCCOC)s1. The van der Waals surface area contributed by atoms with Gasteiger partial charge in [-0.2, -0.15) is 0 Å². The number of thioether (sulfide) groups is 1. The lowest BCUT2D eigenvalue weighted by Gasteiger charge is -2.09. The minimum Gasteiger partial charge on any atom is -0.385 e. The van der Waals surface area contributed by atoms with E-state index < -0.39 is 0 Å². The molecular formula is C11H20N4O2S2. The van der Waals surface area contributed by atoms with Crippen LogP contribution in [0.5, 0.6) is 0 Å². The molecule has 0 aliphatic rings. The average Bonchev–Trinajstić information content (AvgIpc) is 2.82. The van der Waals surface area contributed by atoms with E-state index in [9.17, 15) is 4.79 Å². The number of amides is 1. The molecule has 0 fully saturated rings. The fourth-order valence-corrected chi connectivity index (χ4v) is 3.24. The number of methoxy groups -OCH3 is 1. The fourth-order valence-electron chi connectivity index (χ4n) is 1.26. The lowest BCUT2D eigenvalue weighted by molar-refractivity contribution is -0.120. The number of carbonyl (C=O) groups excluding carboxylic acids is 1. The summed E-state index contributed by atoms with van der Waals surface area (Å²) < 4.78 is 5.73. The molecule has 2 N–H and O–H groups in total. The molecule has 8 heteroatoms. The third kappa shape index (κ3) is 6.22. The number of nitrogens with one attached hydrogen (secondary N) is 2. The summed E-state index contributed by atoms with van der Waals surface area (Å²) >= 11 is 2.89. The van der Waals surface area contributed by atoms with Crippen molar-refractivity contribution in [2.45, 2.75) is 29.9 Å². The lowest BCUT2D eigenvalue weighted by Crippen LogP contribution is -2.32. The molecule has 1 heterocycles. The Balaban J connectivity index is 2.31. The summed E-state index contributed by atoms with van der Waals surface area (Å²) in [7, 11) is 1.65. The molecule has 0 saturated heterocycles. The Morgan fingerprint density at radius 3 is 3.00 bits per heavy atom. The highest BCUT2D eigenvalue weighted by Crippen LogP contribution is 2.28. The van der Waals surface area contributed by atoms with Crippen LogP contribution in [0.1, 0.15) is 20.3 Å². The summed E-state index contributed by atoms with van der Waals surface area (Å²) in [6.45, 7) is 5.98. The molecule has 1 amide bonds. The van der Waals surface area contributed by atoms with Crippen molar-refractivity contribution in [3.05, 3.63) is 0 Å². The third-order valence-electron chi connectivity index (χ3n) is 2.21. The van der Waals surface area contributed by atoms with Crippen molar-refractivity contribution in [3.63, 3.8) is 0 Å².